The summed E-state index contributed by atoms with van der Waals surface area (Å²) in [6.45, 7) is 0. The van der Waals surface area contributed by atoms with Gasteiger partial charge < -0.3 is 0 Å². The van der Waals surface area contributed by atoms with Gasteiger partial charge in [-0.15, -0.1) is 0 Å². The van der Waals surface area contributed by atoms with Crippen LogP contribution in [0.3, 0.4) is 0 Å². The maximum absolute atomic E-state index is 12.2. The number of allylic oxidation sites excluding steroid dienone is 4. The molecule has 3 aliphatic rings. The van der Waals surface area contributed by atoms with Crippen LogP contribution in [0.15, 0.2) is 22.3 Å². The largest absolute Gasteiger partial charge is 0.295 e. The van der Waals surface area contributed by atoms with E-state index in [4.69, 9.17) is 0 Å². The molecule has 2 heteroatoms. The van der Waals surface area contributed by atoms with Crippen molar-refractivity contribution in [2.75, 3.05) is 0 Å². The van der Waals surface area contributed by atoms with E-state index in [0.717, 1.165) is 64.2 Å². The van der Waals surface area contributed by atoms with Gasteiger partial charge in [-0.05, 0) is 75.4 Å². The van der Waals surface area contributed by atoms with Crippen molar-refractivity contribution in [3.05, 3.63) is 22.3 Å². The lowest BCUT2D eigenvalue weighted by Crippen LogP contribution is -1.98. The molecule has 0 saturated carbocycles. The van der Waals surface area contributed by atoms with Crippen LogP contribution < -0.4 is 0 Å². The highest BCUT2D eigenvalue weighted by Crippen LogP contribution is 2.33. The van der Waals surface area contributed by atoms with Gasteiger partial charge in [-0.1, -0.05) is 49.7 Å². The van der Waals surface area contributed by atoms with Crippen LogP contribution in [0.25, 0.3) is 0 Å². The smallest absolute Gasteiger partial charge is 0.159 e. The van der Waals surface area contributed by atoms with E-state index in [1.54, 1.807) is 0 Å². The molecule has 0 unspecified atom stereocenters. The van der Waals surface area contributed by atoms with Crippen molar-refractivity contribution in [3.8, 4) is 0 Å². The molecule has 3 rings (SSSR count). The zero-order chi connectivity index (χ0) is 18.2. The minimum atomic E-state index is 0.439. The Labute approximate surface area is 159 Å². The molecule has 0 bridgehead atoms. The number of carbonyl (C=O) groups excluding carboxylic acids is 2. The molecule has 0 atom stereocenters. The predicted molar refractivity (Wildman–Crippen MR) is 107 cm³/mol. The van der Waals surface area contributed by atoms with E-state index in [1.165, 1.54) is 73.7 Å². The summed E-state index contributed by atoms with van der Waals surface area (Å²) in [6.07, 6.45) is 20.4. The fraction of sp³-hybridized carbons (Fsp3) is 0.750. The molecule has 0 amide bonds. The molecule has 2 nitrogen and oxygen atoms in total. The minimum Gasteiger partial charge on any atom is -0.295 e. The third-order valence-corrected chi connectivity index (χ3v) is 6.65. The standard InChI is InChI=1S/C24H36O2/c25-23-17-15-19-11-7-3-1-4-8-12-20-16-18-24(26)22(20)14-10-6-2-5-9-13-21(19)23/h1-18H2. The SMILES string of the molecule is O=C1CCC2=C1CCCCCCCC1=C(CCCCCCC2)CCC1=O. The van der Waals surface area contributed by atoms with Gasteiger partial charge in [-0.2, -0.15) is 0 Å². The van der Waals surface area contributed by atoms with Crippen LogP contribution in [-0.4, -0.2) is 11.6 Å². The van der Waals surface area contributed by atoms with E-state index in [0.29, 0.717) is 11.6 Å². The second kappa shape index (κ2) is 10.2. The summed E-state index contributed by atoms with van der Waals surface area (Å²) >= 11 is 0. The molecular formula is C24H36O2. The summed E-state index contributed by atoms with van der Waals surface area (Å²) in [5.41, 5.74) is 5.40. The molecule has 0 aromatic carbocycles. The maximum Gasteiger partial charge on any atom is 0.159 e. The van der Waals surface area contributed by atoms with Crippen LogP contribution in [0, 0.1) is 0 Å². The van der Waals surface area contributed by atoms with Crippen molar-refractivity contribution in [2.24, 2.45) is 0 Å². The van der Waals surface area contributed by atoms with Gasteiger partial charge in [0.15, 0.2) is 11.6 Å². The summed E-state index contributed by atoms with van der Waals surface area (Å²) in [5, 5.41) is 0. The van der Waals surface area contributed by atoms with Gasteiger partial charge in [0.1, 0.15) is 0 Å². The molecule has 144 valence electrons. The third-order valence-electron chi connectivity index (χ3n) is 6.65. The lowest BCUT2D eigenvalue weighted by molar-refractivity contribution is -0.115. The quantitative estimate of drug-likeness (QED) is 0.479. The van der Waals surface area contributed by atoms with E-state index >= 15 is 0 Å². The fourth-order valence-electron chi connectivity index (χ4n) is 5.05. The van der Waals surface area contributed by atoms with E-state index in [1.807, 2.05) is 0 Å². The van der Waals surface area contributed by atoms with Crippen molar-refractivity contribution in [3.63, 3.8) is 0 Å². The van der Waals surface area contributed by atoms with Gasteiger partial charge in [-0.3, -0.25) is 9.59 Å². The summed E-state index contributed by atoms with van der Waals surface area (Å²) in [4.78, 5) is 24.3. The Morgan fingerprint density at radius 2 is 0.692 bits per heavy atom. The van der Waals surface area contributed by atoms with E-state index in [-0.39, 0.29) is 0 Å². The minimum absolute atomic E-state index is 0.439. The normalized spacial score (nSPS) is 25.1. The van der Waals surface area contributed by atoms with Crippen LogP contribution in [0.5, 0.6) is 0 Å². The first-order valence-corrected chi connectivity index (χ1v) is 11.2. The van der Waals surface area contributed by atoms with Crippen LogP contribution in [0.4, 0.5) is 0 Å². The fourth-order valence-corrected chi connectivity index (χ4v) is 5.05. The van der Waals surface area contributed by atoms with Crippen molar-refractivity contribution >= 4 is 11.6 Å². The van der Waals surface area contributed by atoms with Crippen molar-refractivity contribution in [2.45, 2.75) is 116 Å². The van der Waals surface area contributed by atoms with E-state index in [9.17, 15) is 9.59 Å². The van der Waals surface area contributed by atoms with Gasteiger partial charge in [-0.25, -0.2) is 0 Å². The number of carbonyl (C=O) groups is 2. The number of Topliss-reactive ketones (excluding diaryl/α,β-unsaturated/α-hetero) is 2. The molecule has 0 aliphatic heterocycles. The van der Waals surface area contributed by atoms with Gasteiger partial charge in [0.25, 0.3) is 0 Å². The molecular weight excluding hydrogens is 320 g/mol. The second-order valence-corrected chi connectivity index (χ2v) is 8.55. The summed E-state index contributed by atoms with van der Waals surface area (Å²) in [7, 11) is 0. The molecule has 0 saturated heterocycles. The number of rotatable bonds is 0. The number of hydrogen-bond donors (Lipinski definition) is 0. The van der Waals surface area contributed by atoms with Crippen LogP contribution in [0.1, 0.15) is 116 Å². The van der Waals surface area contributed by atoms with Gasteiger partial charge in [0.2, 0.25) is 0 Å². The molecule has 0 N–H and O–H groups in total. The summed E-state index contributed by atoms with van der Waals surface area (Å²) in [5.74, 6) is 0.877. The first-order chi connectivity index (χ1) is 12.8. The zero-order valence-corrected chi connectivity index (χ0v) is 16.5. The average Bonchev–Trinajstić information content (AvgIpc) is 3.16. The molecule has 3 aliphatic carbocycles. The number of ketones is 2. The Morgan fingerprint density at radius 1 is 0.346 bits per heavy atom. The monoisotopic (exact) mass is 356 g/mol. The topological polar surface area (TPSA) is 34.1 Å². The Hall–Kier alpha value is -1.18. The third kappa shape index (κ3) is 5.41. The van der Waals surface area contributed by atoms with Crippen LogP contribution in [0.2, 0.25) is 0 Å². The molecule has 0 fully saturated rings. The average molecular weight is 357 g/mol. The van der Waals surface area contributed by atoms with Gasteiger partial charge >= 0.3 is 0 Å². The Morgan fingerprint density at radius 3 is 1.12 bits per heavy atom. The molecule has 0 aromatic rings. The predicted octanol–water partition coefficient (Wildman–Crippen LogP) is 6.78. The summed E-state index contributed by atoms with van der Waals surface area (Å²) in [6, 6.07) is 0. The Bertz CT molecular complexity index is 529. The first kappa shape index (κ1) is 19.6. The summed E-state index contributed by atoms with van der Waals surface area (Å²) < 4.78 is 0. The van der Waals surface area contributed by atoms with Gasteiger partial charge in [0, 0.05) is 12.8 Å². The Kier molecular flexibility index (Phi) is 7.70. The molecule has 0 heterocycles. The van der Waals surface area contributed by atoms with Crippen molar-refractivity contribution in [1.29, 1.82) is 0 Å². The second-order valence-electron chi connectivity index (χ2n) is 8.55. The van der Waals surface area contributed by atoms with Crippen molar-refractivity contribution < 1.29 is 9.59 Å². The highest BCUT2D eigenvalue weighted by Gasteiger charge is 2.23. The highest BCUT2D eigenvalue weighted by molar-refractivity contribution is 5.99. The molecule has 0 spiro atoms. The Balaban J connectivity index is 1.54. The maximum atomic E-state index is 12.2. The zero-order valence-electron chi connectivity index (χ0n) is 16.5. The van der Waals surface area contributed by atoms with Crippen molar-refractivity contribution in [1.82, 2.24) is 0 Å². The lowest BCUT2D eigenvalue weighted by atomic mass is 9.96. The number of hydrogen-bond acceptors (Lipinski definition) is 2. The van der Waals surface area contributed by atoms with Crippen LogP contribution >= 0.6 is 0 Å². The lowest BCUT2D eigenvalue weighted by Gasteiger charge is -2.09. The molecule has 0 aromatic heterocycles. The molecule has 0 radical (unpaired) electrons. The van der Waals surface area contributed by atoms with Crippen LogP contribution in [-0.2, 0) is 9.59 Å². The molecule has 26 heavy (non-hydrogen) atoms. The van der Waals surface area contributed by atoms with E-state index in [2.05, 4.69) is 0 Å². The van der Waals surface area contributed by atoms with Gasteiger partial charge in [0.05, 0.1) is 0 Å². The van der Waals surface area contributed by atoms with E-state index < -0.39 is 0 Å². The highest BCUT2D eigenvalue weighted by atomic mass is 16.1. The first-order valence-electron chi connectivity index (χ1n) is 11.2.